The minimum Gasteiger partial charge on any atom is -0.490 e. The van der Waals surface area contributed by atoms with E-state index in [4.69, 9.17) is 4.74 Å². The summed E-state index contributed by atoms with van der Waals surface area (Å²) in [5.74, 6) is -1.82. The molecule has 3 fully saturated rings. The number of aliphatic carboxylic acids is 1. The van der Waals surface area contributed by atoms with Gasteiger partial charge in [0.15, 0.2) is 0 Å². The summed E-state index contributed by atoms with van der Waals surface area (Å²) in [6, 6.07) is 9.64. The van der Waals surface area contributed by atoms with Crippen LogP contribution in [0.3, 0.4) is 0 Å². The van der Waals surface area contributed by atoms with Crippen molar-refractivity contribution in [3.8, 4) is 5.75 Å². The van der Waals surface area contributed by atoms with Crippen LogP contribution >= 0.6 is 0 Å². The van der Waals surface area contributed by atoms with E-state index in [1.165, 1.54) is 6.42 Å². The molecule has 2 aromatic carbocycles. The second-order valence-electron chi connectivity index (χ2n) is 11.2. The molecule has 37 heavy (non-hydrogen) atoms. The molecule has 0 aromatic heterocycles. The van der Waals surface area contributed by atoms with Crippen molar-refractivity contribution in [2.45, 2.75) is 95.7 Å². The molecule has 0 radical (unpaired) electrons. The molecule has 2 aromatic rings. The molecule has 3 saturated carbocycles. The average molecular weight is 522 g/mol. The zero-order chi connectivity index (χ0) is 26.2. The Morgan fingerprint density at radius 1 is 1.05 bits per heavy atom. The fourth-order valence-corrected chi connectivity index (χ4v) is 7.04. The number of carboxylic acids is 1. The first-order chi connectivity index (χ1) is 17.7. The number of benzene rings is 2. The van der Waals surface area contributed by atoms with Crippen molar-refractivity contribution in [3.63, 3.8) is 0 Å². The van der Waals surface area contributed by atoms with Crippen LogP contribution in [0, 0.1) is 17.3 Å². The summed E-state index contributed by atoms with van der Waals surface area (Å²) in [6.45, 7) is -0.107. The predicted octanol–water partition coefficient (Wildman–Crippen LogP) is 7.32. The van der Waals surface area contributed by atoms with Crippen LogP contribution in [0.15, 0.2) is 30.3 Å². The minimum atomic E-state index is -4.17. The van der Waals surface area contributed by atoms with Crippen molar-refractivity contribution in [1.82, 2.24) is 5.32 Å². The Morgan fingerprint density at radius 2 is 1.78 bits per heavy atom. The molecule has 0 aliphatic heterocycles. The van der Waals surface area contributed by atoms with Gasteiger partial charge in [0.1, 0.15) is 12.4 Å². The van der Waals surface area contributed by atoms with Crippen LogP contribution in [-0.4, -0.2) is 29.4 Å². The maximum Gasteiger partial charge on any atom is 0.391 e. The third-order valence-corrected chi connectivity index (χ3v) is 9.21. The van der Waals surface area contributed by atoms with Gasteiger partial charge >= 0.3 is 12.1 Å². The van der Waals surface area contributed by atoms with Crippen LogP contribution in [0.2, 0.25) is 0 Å². The van der Waals surface area contributed by atoms with Crippen molar-refractivity contribution in [3.05, 3.63) is 41.5 Å². The van der Waals surface area contributed by atoms with Gasteiger partial charge in [-0.25, -0.2) is 4.39 Å². The Labute approximate surface area is 214 Å². The molecular weight excluding hydrogens is 486 g/mol. The third kappa shape index (κ3) is 5.18. The highest BCUT2D eigenvalue weighted by atomic mass is 19.4. The molecule has 0 heterocycles. The van der Waals surface area contributed by atoms with Crippen molar-refractivity contribution < 1.29 is 32.2 Å². The summed E-state index contributed by atoms with van der Waals surface area (Å²) in [4.78, 5) is 11.8. The molecule has 3 aliphatic carbocycles. The topological polar surface area (TPSA) is 58.6 Å². The van der Waals surface area contributed by atoms with Gasteiger partial charge in [0.25, 0.3) is 0 Å². The van der Waals surface area contributed by atoms with E-state index in [1.54, 1.807) is 6.07 Å². The molecule has 8 heteroatoms. The highest BCUT2D eigenvalue weighted by Gasteiger charge is 2.57. The lowest BCUT2D eigenvalue weighted by Crippen LogP contribution is -2.62. The Bertz CT molecular complexity index is 1120. The van der Waals surface area contributed by atoms with Crippen LogP contribution in [-0.2, 0) is 18.0 Å². The predicted molar refractivity (Wildman–Crippen MR) is 133 cm³/mol. The number of ether oxygens (including phenoxy) is 1. The summed E-state index contributed by atoms with van der Waals surface area (Å²) in [5.41, 5.74) is 1.33. The first kappa shape index (κ1) is 26.3. The van der Waals surface area contributed by atoms with E-state index >= 15 is 0 Å². The number of nitrogens with one attached hydrogen (secondary N) is 1. The summed E-state index contributed by atoms with van der Waals surface area (Å²) < 4.78 is 59.0. The third-order valence-electron chi connectivity index (χ3n) is 9.21. The van der Waals surface area contributed by atoms with Crippen LogP contribution in [0.1, 0.15) is 75.3 Å². The molecule has 2 atom stereocenters. The Hall–Kier alpha value is -2.35. The van der Waals surface area contributed by atoms with Crippen molar-refractivity contribution in [1.29, 1.82) is 0 Å². The number of halogens is 4. The number of carboxylic acid groups (broad SMARTS) is 1. The lowest BCUT2D eigenvalue weighted by Gasteiger charge is -2.56. The lowest BCUT2D eigenvalue weighted by molar-refractivity contribution is -0.185. The lowest BCUT2D eigenvalue weighted by atomic mass is 9.50. The molecular formula is C29H35F4NO3. The van der Waals surface area contributed by atoms with Gasteiger partial charge in [-0.1, -0.05) is 37.5 Å². The highest BCUT2D eigenvalue weighted by molar-refractivity contribution is 5.88. The van der Waals surface area contributed by atoms with Crippen molar-refractivity contribution in [2.24, 2.45) is 17.3 Å². The maximum atomic E-state index is 14.1. The van der Waals surface area contributed by atoms with E-state index in [-0.39, 0.29) is 36.3 Å². The van der Waals surface area contributed by atoms with E-state index in [2.05, 4.69) is 5.32 Å². The zero-order valence-corrected chi connectivity index (χ0v) is 21.0. The monoisotopic (exact) mass is 521 g/mol. The molecule has 2 unspecified atom stereocenters. The second kappa shape index (κ2) is 10.4. The van der Waals surface area contributed by atoms with E-state index in [0.717, 1.165) is 42.0 Å². The zero-order valence-electron chi connectivity index (χ0n) is 21.0. The van der Waals surface area contributed by atoms with Crippen LogP contribution in [0.5, 0.6) is 5.75 Å². The maximum absolute atomic E-state index is 14.1. The molecule has 1 spiro atoms. The van der Waals surface area contributed by atoms with Crippen molar-refractivity contribution in [2.75, 3.05) is 0 Å². The quantitative estimate of drug-likeness (QED) is 0.375. The average Bonchev–Trinajstić information content (AvgIpc) is 2.88. The minimum absolute atomic E-state index is 0.0402. The fourth-order valence-electron chi connectivity index (χ4n) is 7.04. The molecule has 0 amide bonds. The Balaban J connectivity index is 1.25. The Kier molecular flexibility index (Phi) is 7.40. The highest BCUT2D eigenvalue weighted by Crippen LogP contribution is 2.56. The summed E-state index contributed by atoms with van der Waals surface area (Å²) >= 11 is 0. The van der Waals surface area contributed by atoms with Crippen LogP contribution in [0.4, 0.5) is 17.6 Å². The largest absolute Gasteiger partial charge is 0.490 e. The summed E-state index contributed by atoms with van der Waals surface area (Å²) in [5, 5.41) is 14.9. The molecule has 0 bridgehead atoms. The van der Waals surface area contributed by atoms with E-state index in [9.17, 15) is 27.5 Å². The molecule has 3 aliphatic rings. The van der Waals surface area contributed by atoms with Gasteiger partial charge in [-0.3, -0.25) is 4.79 Å². The number of fused-ring (bicyclic) bond motifs is 1. The van der Waals surface area contributed by atoms with E-state index in [1.807, 2.05) is 24.3 Å². The van der Waals surface area contributed by atoms with Gasteiger partial charge in [-0.2, -0.15) is 13.2 Å². The first-order valence-electron chi connectivity index (χ1n) is 13.5. The molecule has 5 rings (SSSR count). The standard InChI is InChI=1S/C29H35F4NO3/c30-16-23-22-10-4-18(17-34-26-15-24(27(35)36)28(26)12-2-1-3-13-28)14-19(22)5-11-25(23)37-21-8-6-20(7-9-21)29(31,32)33/h4-5,10-11,14,20-21,24,26,34H,1-3,6-9,12-13,15-17H2,(H,35,36). The number of alkyl halides is 4. The normalized spacial score (nSPS) is 27.7. The van der Waals surface area contributed by atoms with Gasteiger partial charge < -0.3 is 15.2 Å². The van der Waals surface area contributed by atoms with E-state index in [0.29, 0.717) is 37.1 Å². The second-order valence-corrected chi connectivity index (χ2v) is 11.2. The first-order valence-corrected chi connectivity index (χ1v) is 13.5. The van der Waals surface area contributed by atoms with Crippen LogP contribution < -0.4 is 10.1 Å². The van der Waals surface area contributed by atoms with Gasteiger partial charge in [0.2, 0.25) is 0 Å². The van der Waals surface area contributed by atoms with Gasteiger partial charge in [-0.05, 0) is 78.8 Å². The van der Waals surface area contributed by atoms with Gasteiger partial charge in [0.05, 0.1) is 17.9 Å². The Morgan fingerprint density at radius 3 is 2.43 bits per heavy atom. The van der Waals surface area contributed by atoms with Gasteiger partial charge in [-0.15, -0.1) is 0 Å². The van der Waals surface area contributed by atoms with Crippen molar-refractivity contribution >= 4 is 16.7 Å². The fraction of sp³-hybridized carbons (Fsp3) is 0.621. The summed E-state index contributed by atoms with van der Waals surface area (Å²) in [6.07, 6.45) is 2.09. The molecule has 0 saturated heterocycles. The summed E-state index contributed by atoms with van der Waals surface area (Å²) in [7, 11) is 0. The molecule has 2 N–H and O–H groups in total. The number of carbonyl (C=O) groups is 1. The number of hydrogen-bond donors (Lipinski definition) is 2. The van der Waals surface area contributed by atoms with Gasteiger partial charge in [0, 0.05) is 18.2 Å². The SMILES string of the molecule is O=C(O)C1CC(NCc2ccc3c(CF)c(OC4CCC(C(F)(F)F)CC4)ccc3c2)C12CCCCC2. The number of hydrogen-bond acceptors (Lipinski definition) is 3. The van der Waals surface area contributed by atoms with E-state index < -0.39 is 24.7 Å². The molecule has 4 nitrogen and oxygen atoms in total. The smallest absolute Gasteiger partial charge is 0.391 e. The molecule has 202 valence electrons. The number of rotatable bonds is 7. The van der Waals surface area contributed by atoms with Crippen LogP contribution in [0.25, 0.3) is 10.8 Å².